The molecule has 1 atom stereocenters. The fraction of sp³-hybridized carbons (Fsp3) is 0.273. The van der Waals surface area contributed by atoms with E-state index >= 15 is 0 Å². The molecule has 0 N–H and O–H groups in total. The Morgan fingerprint density at radius 2 is 1.85 bits per heavy atom. The third-order valence-electron chi connectivity index (χ3n) is 5.21. The maximum atomic E-state index is 12.9. The van der Waals surface area contributed by atoms with Crippen LogP contribution in [0.5, 0.6) is 5.75 Å². The van der Waals surface area contributed by atoms with Crippen LogP contribution in [0.25, 0.3) is 10.8 Å². The second-order valence-electron chi connectivity index (χ2n) is 7.07. The highest BCUT2D eigenvalue weighted by Crippen LogP contribution is 2.22. The first kappa shape index (κ1) is 17.3. The van der Waals surface area contributed by atoms with Gasteiger partial charge in [0.15, 0.2) is 0 Å². The first-order chi connectivity index (χ1) is 13.0. The largest absolute Gasteiger partial charge is 0.488 e. The molecular formula is C22H22N2O3. The summed E-state index contributed by atoms with van der Waals surface area (Å²) in [7, 11) is 1.74. The van der Waals surface area contributed by atoms with Crippen molar-refractivity contribution < 1.29 is 9.53 Å². The molecule has 5 nitrogen and oxygen atoms in total. The predicted octanol–water partition coefficient (Wildman–Crippen LogP) is 3.14. The molecule has 1 aromatic heterocycles. The summed E-state index contributed by atoms with van der Waals surface area (Å²) in [6.45, 7) is 3.05. The van der Waals surface area contributed by atoms with Gasteiger partial charge < -0.3 is 14.2 Å². The molecule has 1 fully saturated rings. The Bertz CT molecular complexity index is 1070. The van der Waals surface area contributed by atoms with Crippen molar-refractivity contribution in [3.05, 3.63) is 76.2 Å². The third-order valence-corrected chi connectivity index (χ3v) is 5.21. The molecule has 2 aromatic carbocycles. The molecule has 0 saturated carbocycles. The number of nitrogens with zero attached hydrogens (tertiary/aromatic N) is 2. The summed E-state index contributed by atoms with van der Waals surface area (Å²) in [5.41, 5.74) is 1.45. The zero-order valence-corrected chi connectivity index (χ0v) is 15.5. The van der Waals surface area contributed by atoms with Crippen molar-refractivity contribution in [3.63, 3.8) is 0 Å². The number of aromatic nitrogens is 1. The Kier molecular flexibility index (Phi) is 4.44. The summed E-state index contributed by atoms with van der Waals surface area (Å²) in [5.74, 6) is 0.590. The molecule has 5 heteroatoms. The molecule has 27 heavy (non-hydrogen) atoms. The number of pyridine rings is 1. The van der Waals surface area contributed by atoms with Crippen LogP contribution < -0.4 is 10.3 Å². The topological polar surface area (TPSA) is 51.5 Å². The smallest absolute Gasteiger partial charge is 0.254 e. The molecule has 3 aromatic rings. The van der Waals surface area contributed by atoms with E-state index in [0.29, 0.717) is 24.4 Å². The molecule has 4 rings (SSSR count). The van der Waals surface area contributed by atoms with Gasteiger partial charge in [0, 0.05) is 37.3 Å². The second-order valence-corrected chi connectivity index (χ2v) is 7.07. The van der Waals surface area contributed by atoms with E-state index in [-0.39, 0.29) is 17.6 Å². The van der Waals surface area contributed by atoms with E-state index in [1.165, 1.54) is 6.07 Å². The SMILES string of the molecule is Cc1cc(OC2CCN(C(=O)c3ccc4ccccc4c3)C2)cc(=O)n1C. The lowest BCUT2D eigenvalue weighted by Crippen LogP contribution is -2.31. The van der Waals surface area contributed by atoms with Crippen molar-refractivity contribution in [2.45, 2.75) is 19.4 Å². The van der Waals surface area contributed by atoms with Crippen LogP contribution in [0.3, 0.4) is 0 Å². The first-order valence-electron chi connectivity index (χ1n) is 9.14. The molecule has 0 aliphatic carbocycles. The summed E-state index contributed by atoms with van der Waals surface area (Å²) in [5, 5.41) is 2.18. The lowest BCUT2D eigenvalue weighted by molar-refractivity contribution is 0.0772. The summed E-state index contributed by atoms with van der Waals surface area (Å²) in [6.07, 6.45) is 0.661. The van der Waals surface area contributed by atoms with Crippen molar-refractivity contribution in [2.24, 2.45) is 7.05 Å². The van der Waals surface area contributed by atoms with E-state index in [0.717, 1.165) is 22.9 Å². The number of fused-ring (bicyclic) bond motifs is 1. The fourth-order valence-electron chi connectivity index (χ4n) is 3.51. The Hall–Kier alpha value is -3.08. The molecular weight excluding hydrogens is 340 g/mol. The van der Waals surface area contributed by atoms with Crippen LogP contribution in [-0.2, 0) is 7.05 Å². The number of likely N-dealkylation sites (tertiary alicyclic amines) is 1. The van der Waals surface area contributed by atoms with Gasteiger partial charge in [-0.1, -0.05) is 30.3 Å². The number of hydrogen-bond donors (Lipinski definition) is 0. The van der Waals surface area contributed by atoms with Gasteiger partial charge in [0.25, 0.3) is 11.5 Å². The summed E-state index contributed by atoms with van der Waals surface area (Å²) in [6, 6.07) is 17.2. The molecule has 1 saturated heterocycles. The highest BCUT2D eigenvalue weighted by Gasteiger charge is 2.28. The highest BCUT2D eigenvalue weighted by atomic mass is 16.5. The molecule has 2 heterocycles. The standard InChI is InChI=1S/C22H22N2O3/c1-15-11-20(13-21(25)23(15)2)27-19-9-10-24(14-19)22(26)18-8-7-16-5-3-4-6-17(16)12-18/h3-8,11-13,19H,9-10,14H2,1-2H3. The van der Waals surface area contributed by atoms with Gasteiger partial charge in [0.2, 0.25) is 0 Å². The van der Waals surface area contributed by atoms with Gasteiger partial charge >= 0.3 is 0 Å². The Balaban J connectivity index is 1.47. The number of ether oxygens (including phenoxy) is 1. The normalized spacial score (nSPS) is 16.7. The minimum atomic E-state index is -0.0964. The maximum Gasteiger partial charge on any atom is 0.254 e. The number of hydrogen-bond acceptors (Lipinski definition) is 3. The van der Waals surface area contributed by atoms with Crippen molar-refractivity contribution in [2.75, 3.05) is 13.1 Å². The molecule has 1 aliphatic rings. The van der Waals surface area contributed by atoms with Crippen molar-refractivity contribution >= 4 is 16.7 Å². The summed E-state index contributed by atoms with van der Waals surface area (Å²) >= 11 is 0. The van der Waals surface area contributed by atoms with Crippen LogP contribution in [-0.4, -0.2) is 34.6 Å². The monoisotopic (exact) mass is 362 g/mol. The number of amides is 1. The molecule has 1 amide bonds. The zero-order chi connectivity index (χ0) is 19.0. The molecule has 1 aliphatic heterocycles. The third kappa shape index (κ3) is 3.45. The van der Waals surface area contributed by atoms with E-state index in [2.05, 4.69) is 0 Å². The van der Waals surface area contributed by atoms with Crippen LogP contribution in [0.4, 0.5) is 0 Å². The molecule has 1 unspecified atom stereocenters. The summed E-state index contributed by atoms with van der Waals surface area (Å²) in [4.78, 5) is 26.6. The van der Waals surface area contributed by atoms with Gasteiger partial charge in [-0.3, -0.25) is 9.59 Å². The van der Waals surface area contributed by atoms with E-state index < -0.39 is 0 Å². The Labute approximate surface area is 157 Å². The van der Waals surface area contributed by atoms with Gasteiger partial charge in [0.1, 0.15) is 11.9 Å². The minimum Gasteiger partial charge on any atom is -0.488 e. The van der Waals surface area contributed by atoms with Crippen LogP contribution in [0.15, 0.2) is 59.4 Å². The number of carbonyl (C=O) groups excluding carboxylic acids is 1. The van der Waals surface area contributed by atoms with Gasteiger partial charge in [-0.05, 0) is 35.9 Å². The first-order valence-corrected chi connectivity index (χ1v) is 9.14. The molecule has 0 bridgehead atoms. The average Bonchev–Trinajstić information content (AvgIpc) is 3.13. The van der Waals surface area contributed by atoms with Crippen LogP contribution in [0, 0.1) is 6.92 Å². The predicted molar refractivity (Wildman–Crippen MR) is 105 cm³/mol. The molecule has 0 radical (unpaired) electrons. The summed E-state index contributed by atoms with van der Waals surface area (Å²) < 4.78 is 7.55. The van der Waals surface area contributed by atoms with Gasteiger partial charge in [-0.25, -0.2) is 0 Å². The van der Waals surface area contributed by atoms with Crippen LogP contribution >= 0.6 is 0 Å². The number of rotatable bonds is 3. The van der Waals surface area contributed by atoms with Gasteiger partial charge in [-0.2, -0.15) is 0 Å². The van der Waals surface area contributed by atoms with Crippen molar-refractivity contribution in [1.29, 1.82) is 0 Å². The fourth-order valence-corrected chi connectivity index (χ4v) is 3.51. The lowest BCUT2D eigenvalue weighted by Gasteiger charge is -2.18. The number of aryl methyl sites for hydroxylation is 1. The van der Waals surface area contributed by atoms with Crippen molar-refractivity contribution in [3.8, 4) is 5.75 Å². The lowest BCUT2D eigenvalue weighted by atomic mass is 10.1. The second kappa shape index (κ2) is 6.91. The van der Waals surface area contributed by atoms with Crippen molar-refractivity contribution in [1.82, 2.24) is 9.47 Å². The van der Waals surface area contributed by atoms with E-state index in [4.69, 9.17) is 4.74 Å². The molecule has 0 spiro atoms. The van der Waals surface area contributed by atoms with E-state index in [1.807, 2.05) is 60.4 Å². The number of carbonyl (C=O) groups is 1. The maximum absolute atomic E-state index is 12.9. The quantitative estimate of drug-likeness (QED) is 0.719. The number of benzene rings is 2. The van der Waals surface area contributed by atoms with Crippen LogP contribution in [0.1, 0.15) is 22.5 Å². The average molecular weight is 362 g/mol. The molecule has 138 valence electrons. The van der Waals surface area contributed by atoms with E-state index in [1.54, 1.807) is 11.6 Å². The van der Waals surface area contributed by atoms with Gasteiger partial charge in [0.05, 0.1) is 6.54 Å². The Morgan fingerprint density at radius 1 is 1.07 bits per heavy atom. The minimum absolute atomic E-state index is 0.0204. The van der Waals surface area contributed by atoms with Gasteiger partial charge in [-0.15, -0.1) is 0 Å². The zero-order valence-electron chi connectivity index (χ0n) is 15.5. The highest BCUT2D eigenvalue weighted by molar-refractivity contribution is 5.98. The van der Waals surface area contributed by atoms with E-state index in [9.17, 15) is 9.59 Å². The Morgan fingerprint density at radius 3 is 2.63 bits per heavy atom. The van der Waals surface area contributed by atoms with Crippen LogP contribution in [0.2, 0.25) is 0 Å².